The van der Waals surface area contributed by atoms with Crippen LogP contribution in [0.4, 0.5) is 0 Å². The molecule has 0 radical (unpaired) electrons. The van der Waals surface area contributed by atoms with Crippen molar-refractivity contribution in [3.63, 3.8) is 0 Å². The van der Waals surface area contributed by atoms with Gasteiger partial charge in [0.05, 0.1) is 25.2 Å². The molecule has 6 heteroatoms. The van der Waals surface area contributed by atoms with Crippen molar-refractivity contribution in [3.8, 4) is 0 Å². The fourth-order valence-corrected chi connectivity index (χ4v) is 7.06. The lowest BCUT2D eigenvalue weighted by molar-refractivity contribution is -0.151. The summed E-state index contributed by atoms with van der Waals surface area (Å²) < 4.78 is 5.88. The Morgan fingerprint density at radius 2 is 0.942 bits per heavy atom. The number of unbranched alkanes of at least 4 members (excludes halogenated alkanes) is 27. The van der Waals surface area contributed by atoms with Crippen LogP contribution in [-0.4, -0.2) is 46.9 Å². The van der Waals surface area contributed by atoms with E-state index < -0.39 is 18.2 Å². The smallest absolute Gasteiger partial charge is 0.306 e. The minimum Gasteiger partial charge on any atom is -0.462 e. The molecule has 0 aromatic rings. The van der Waals surface area contributed by atoms with Gasteiger partial charge in [-0.2, -0.15) is 0 Å². The molecule has 6 nitrogen and oxygen atoms in total. The van der Waals surface area contributed by atoms with Gasteiger partial charge in [-0.3, -0.25) is 9.59 Å². The second-order valence-corrected chi connectivity index (χ2v) is 15.8. The van der Waals surface area contributed by atoms with Crippen LogP contribution in [0, 0.1) is 0 Å². The second kappa shape index (κ2) is 40.8. The first-order valence-corrected chi connectivity index (χ1v) is 22.9. The number of amides is 1. The van der Waals surface area contributed by atoms with E-state index in [1.165, 1.54) is 128 Å². The summed E-state index contributed by atoms with van der Waals surface area (Å²) in [6, 6.07) is -0.697. The lowest BCUT2D eigenvalue weighted by atomic mass is 10.0. The maximum absolute atomic E-state index is 13.1. The van der Waals surface area contributed by atoms with Crippen molar-refractivity contribution >= 4 is 11.9 Å². The number of aliphatic hydroxyl groups is 2. The molecule has 3 atom stereocenters. The summed E-state index contributed by atoms with van der Waals surface area (Å²) >= 11 is 0. The molecule has 1 amide bonds. The van der Waals surface area contributed by atoms with Crippen LogP contribution in [0.15, 0.2) is 12.2 Å². The summed E-state index contributed by atoms with van der Waals surface area (Å²) in [6.45, 7) is 6.42. The summed E-state index contributed by atoms with van der Waals surface area (Å²) in [5.74, 6) is -0.482. The Balaban J connectivity index is 4.50. The third-order valence-corrected chi connectivity index (χ3v) is 10.6. The minimum atomic E-state index is -0.783. The van der Waals surface area contributed by atoms with Crippen molar-refractivity contribution in [1.29, 1.82) is 0 Å². The summed E-state index contributed by atoms with van der Waals surface area (Å²) in [6.07, 6.45) is 42.7. The number of carbonyl (C=O) groups excluding carboxylic acids is 2. The molecule has 0 aromatic carbocycles. The SMILES string of the molecule is CCCC/C=C\CCCCCC(CC(=O)NC(CO)C(O)CCCCCCCCCCCC)OC(=O)CCCCCCCCCCCCCCCC. The van der Waals surface area contributed by atoms with E-state index in [0.717, 1.165) is 70.6 Å². The average Bonchev–Trinajstić information content (AvgIpc) is 3.13. The average molecular weight is 736 g/mol. The Kier molecular flexibility index (Phi) is 39.7. The minimum absolute atomic E-state index is 0.0723. The van der Waals surface area contributed by atoms with Crippen molar-refractivity contribution in [3.05, 3.63) is 12.2 Å². The molecule has 0 aromatic heterocycles. The lowest BCUT2D eigenvalue weighted by Gasteiger charge is -2.24. The van der Waals surface area contributed by atoms with Gasteiger partial charge in [-0.05, 0) is 44.9 Å². The van der Waals surface area contributed by atoms with Crippen LogP contribution in [0.5, 0.6) is 0 Å². The highest BCUT2D eigenvalue weighted by Gasteiger charge is 2.24. The van der Waals surface area contributed by atoms with Crippen LogP contribution in [0.1, 0.15) is 245 Å². The van der Waals surface area contributed by atoms with E-state index in [-0.39, 0.29) is 24.9 Å². The molecule has 0 aliphatic heterocycles. The predicted molar refractivity (Wildman–Crippen MR) is 223 cm³/mol. The van der Waals surface area contributed by atoms with Gasteiger partial charge in [0.2, 0.25) is 5.91 Å². The van der Waals surface area contributed by atoms with Crippen LogP contribution in [-0.2, 0) is 14.3 Å². The third-order valence-electron chi connectivity index (χ3n) is 10.6. The van der Waals surface area contributed by atoms with E-state index in [2.05, 4.69) is 38.2 Å². The van der Waals surface area contributed by atoms with Gasteiger partial charge in [0.25, 0.3) is 0 Å². The first-order valence-electron chi connectivity index (χ1n) is 22.9. The van der Waals surface area contributed by atoms with Gasteiger partial charge in [-0.15, -0.1) is 0 Å². The number of esters is 1. The number of hydrogen-bond acceptors (Lipinski definition) is 5. The molecule has 0 heterocycles. The molecule has 0 rings (SSSR count). The molecule has 3 unspecified atom stereocenters. The van der Waals surface area contributed by atoms with Gasteiger partial charge in [-0.25, -0.2) is 0 Å². The highest BCUT2D eigenvalue weighted by Crippen LogP contribution is 2.17. The van der Waals surface area contributed by atoms with Crippen molar-refractivity contribution in [1.82, 2.24) is 5.32 Å². The first kappa shape index (κ1) is 50.6. The molecule has 0 saturated carbocycles. The van der Waals surface area contributed by atoms with Crippen LogP contribution >= 0.6 is 0 Å². The number of aliphatic hydroxyl groups excluding tert-OH is 2. The van der Waals surface area contributed by atoms with Gasteiger partial charge < -0.3 is 20.3 Å². The summed E-state index contributed by atoms with van der Waals surface area (Å²) in [4.78, 5) is 25.9. The first-order chi connectivity index (χ1) is 25.5. The quantitative estimate of drug-likeness (QED) is 0.0330. The lowest BCUT2D eigenvalue weighted by Crippen LogP contribution is -2.46. The molecule has 0 saturated heterocycles. The maximum atomic E-state index is 13.1. The van der Waals surface area contributed by atoms with Crippen LogP contribution in [0.3, 0.4) is 0 Å². The molecular formula is C46H89NO5. The van der Waals surface area contributed by atoms with Gasteiger partial charge in [-0.1, -0.05) is 200 Å². The van der Waals surface area contributed by atoms with Crippen LogP contribution in [0.2, 0.25) is 0 Å². The fraction of sp³-hybridized carbons (Fsp3) is 0.913. The molecule has 308 valence electrons. The van der Waals surface area contributed by atoms with Crippen molar-refractivity contribution in [2.45, 2.75) is 264 Å². The van der Waals surface area contributed by atoms with Crippen LogP contribution in [0.25, 0.3) is 0 Å². The van der Waals surface area contributed by atoms with E-state index >= 15 is 0 Å². The molecule has 0 fully saturated rings. The summed E-state index contributed by atoms with van der Waals surface area (Å²) in [5, 5.41) is 23.6. The molecule has 0 bridgehead atoms. The zero-order valence-corrected chi connectivity index (χ0v) is 35.0. The third kappa shape index (κ3) is 35.6. The Morgan fingerprint density at radius 1 is 0.538 bits per heavy atom. The number of ether oxygens (including phenoxy) is 1. The fourth-order valence-electron chi connectivity index (χ4n) is 7.06. The van der Waals surface area contributed by atoms with Gasteiger partial charge in [0, 0.05) is 6.42 Å². The number of hydrogen-bond donors (Lipinski definition) is 3. The Morgan fingerprint density at radius 3 is 1.42 bits per heavy atom. The summed E-state index contributed by atoms with van der Waals surface area (Å²) in [7, 11) is 0. The Hall–Kier alpha value is -1.40. The standard InChI is InChI=1S/C46H89NO5/c1-4-7-10-13-16-19-21-22-23-24-27-30-33-36-39-46(51)52-42(37-34-31-28-25-18-15-12-9-6-3)40-45(50)47-43(41-48)44(49)38-35-32-29-26-20-17-14-11-8-5-2/h15,18,42-44,48-49H,4-14,16-17,19-41H2,1-3H3,(H,47,50)/b18-15-. The predicted octanol–water partition coefficient (Wildman–Crippen LogP) is 13.0. The number of allylic oxidation sites excluding steroid dienone is 2. The zero-order valence-electron chi connectivity index (χ0n) is 35.0. The Labute approximate surface area is 323 Å². The molecule has 0 spiro atoms. The van der Waals surface area contributed by atoms with E-state index in [1.54, 1.807) is 0 Å². The monoisotopic (exact) mass is 736 g/mol. The zero-order chi connectivity index (χ0) is 38.2. The topological polar surface area (TPSA) is 95.9 Å². The molecule has 52 heavy (non-hydrogen) atoms. The number of nitrogens with one attached hydrogen (secondary N) is 1. The largest absolute Gasteiger partial charge is 0.462 e. The van der Waals surface area contributed by atoms with E-state index in [1.807, 2.05) is 0 Å². The maximum Gasteiger partial charge on any atom is 0.306 e. The molecule has 3 N–H and O–H groups in total. The Bertz CT molecular complexity index is 787. The molecular weight excluding hydrogens is 647 g/mol. The van der Waals surface area contributed by atoms with E-state index in [0.29, 0.717) is 19.3 Å². The second-order valence-electron chi connectivity index (χ2n) is 15.8. The number of carbonyl (C=O) groups is 2. The summed E-state index contributed by atoms with van der Waals surface area (Å²) in [5.41, 5.74) is 0. The molecule has 0 aliphatic rings. The van der Waals surface area contributed by atoms with Crippen molar-refractivity contribution in [2.75, 3.05) is 6.61 Å². The normalized spacial score (nSPS) is 13.4. The van der Waals surface area contributed by atoms with E-state index in [4.69, 9.17) is 4.74 Å². The van der Waals surface area contributed by atoms with Gasteiger partial charge >= 0.3 is 5.97 Å². The molecule has 0 aliphatic carbocycles. The van der Waals surface area contributed by atoms with E-state index in [9.17, 15) is 19.8 Å². The van der Waals surface area contributed by atoms with Crippen molar-refractivity contribution < 1.29 is 24.5 Å². The highest BCUT2D eigenvalue weighted by atomic mass is 16.5. The van der Waals surface area contributed by atoms with Crippen molar-refractivity contribution in [2.24, 2.45) is 0 Å². The highest BCUT2D eigenvalue weighted by molar-refractivity contribution is 5.77. The number of rotatable bonds is 41. The van der Waals surface area contributed by atoms with Crippen LogP contribution < -0.4 is 5.32 Å². The van der Waals surface area contributed by atoms with Gasteiger partial charge in [0.15, 0.2) is 0 Å². The van der Waals surface area contributed by atoms with Gasteiger partial charge in [0.1, 0.15) is 6.10 Å².